The lowest BCUT2D eigenvalue weighted by molar-refractivity contribution is 0.216. The van der Waals surface area contributed by atoms with Crippen LogP contribution in [0.4, 0.5) is 10.1 Å². The molecule has 0 amide bonds. The molecule has 1 aromatic carbocycles. The Morgan fingerprint density at radius 3 is 2.50 bits per heavy atom. The molecule has 16 heavy (non-hydrogen) atoms. The van der Waals surface area contributed by atoms with Crippen molar-refractivity contribution in [1.29, 1.82) is 0 Å². The van der Waals surface area contributed by atoms with E-state index in [1.807, 2.05) is 13.8 Å². The van der Waals surface area contributed by atoms with Crippen LogP contribution in [0.2, 0.25) is 5.02 Å². The van der Waals surface area contributed by atoms with Crippen LogP contribution in [0, 0.1) is 12.7 Å². The Kier molecular flexibility index (Phi) is 3.81. The molecule has 0 atom stereocenters. The van der Waals surface area contributed by atoms with Crippen molar-refractivity contribution in [1.82, 2.24) is 0 Å². The van der Waals surface area contributed by atoms with Gasteiger partial charge in [-0.15, -0.1) is 0 Å². The van der Waals surface area contributed by atoms with Crippen molar-refractivity contribution >= 4 is 17.3 Å². The van der Waals surface area contributed by atoms with E-state index in [-0.39, 0.29) is 12.4 Å². The molecule has 1 N–H and O–H groups in total. The number of anilines is 1. The third-order valence-electron chi connectivity index (χ3n) is 2.88. The van der Waals surface area contributed by atoms with E-state index in [0.717, 1.165) is 0 Å². The number of halogens is 2. The second-order valence-corrected chi connectivity index (χ2v) is 4.99. The smallest absolute Gasteiger partial charge is 0.128 e. The molecule has 0 fully saturated rings. The average molecular weight is 246 g/mol. The predicted molar refractivity (Wildman–Crippen MR) is 65.7 cm³/mol. The fourth-order valence-electron chi connectivity index (χ4n) is 1.32. The molecule has 0 aliphatic heterocycles. The quantitative estimate of drug-likeness (QED) is 0.885. The summed E-state index contributed by atoms with van der Waals surface area (Å²) in [6.07, 6.45) is 0. The topological polar surface area (TPSA) is 23.5 Å². The number of aryl methyl sites for hydroxylation is 1. The first kappa shape index (κ1) is 13.3. The summed E-state index contributed by atoms with van der Waals surface area (Å²) >= 11 is 6.07. The monoisotopic (exact) mass is 245 g/mol. The first-order valence-corrected chi connectivity index (χ1v) is 5.47. The number of hydrogen-bond acceptors (Lipinski definition) is 2. The molecule has 90 valence electrons. The fraction of sp³-hybridized carbons (Fsp3) is 0.500. The Hall–Kier alpha value is -0.800. The Labute approximate surface area is 101 Å². The largest absolute Gasteiger partial charge is 0.394 e. The van der Waals surface area contributed by atoms with Gasteiger partial charge in [-0.1, -0.05) is 11.6 Å². The molecule has 0 radical (unpaired) electrons. The van der Waals surface area contributed by atoms with Crippen LogP contribution in [0.3, 0.4) is 0 Å². The molecule has 2 nitrogen and oxygen atoms in total. The molecule has 1 rings (SSSR count). The van der Waals surface area contributed by atoms with Gasteiger partial charge in [-0.3, -0.25) is 0 Å². The summed E-state index contributed by atoms with van der Waals surface area (Å²) in [7, 11) is 1.78. The number of aliphatic hydroxyl groups is 1. The second-order valence-electron chi connectivity index (χ2n) is 4.58. The highest BCUT2D eigenvalue weighted by Crippen LogP contribution is 2.31. The van der Waals surface area contributed by atoms with Crippen LogP contribution >= 0.6 is 11.6 Å². The van der Waals surface area contributed by atoms with Crippen molar-refractivity contribution in [2.45, 2.75) is 26.3 Å². The number of aliphatic hydroxyl groups excluding tert-OH is 1. The maximum atomic E-state index is 13.5. The van der Waals surface area contributed by atoms with Gasteiger partial charge in [0.2, 0.25) is 0 Å². The molecule has 4 heteroatoms. The van der Waals surface area contributed by atoms with Crippen molar-refractivity contribution < 1.29 is 9.50 Å². The lowest BCUT2D eigenvalue weighted by Gasteiger charge is -2.36. The van der Waals surface area contributed by atoms with E-state index in [1.165, 1.54) is 6.07 Å². The van der Waals surface area contributed by atoms with E-state index in [1.54, 1.807) is 24.9 Å². The van der Waals surface area contributed by atoms with Crippen LogP contribution in [0.1, 0.15) is 19.4 Å². The standard InChI is InChI=1S/C12H17ClFNO/c1-8-5-9(13)11(6-10(8)14)15(4)12(2,3)7-16/h5-6,16H,7H2,1-4H3. The predicted octanol–water partition coefficient (Wildman–Crippen LogP) is 2.99. The van der Waals surface area contributed by atoms with Gasteiger partial charge in [0.25, 0.3) is 0 Å². The maximum Gasteiger partial charge on any atom is 0.128 e. The summed E-state index contributed by atoms with van der Waals surface area (Å²) in [6.45, 7) is 5.36. The second kappa shape index (κ2) is 4.60. The van der Waals surface area contributed by atoms with Crippen LogP contribution in [0.5, 0.6) is 0 Å². The molecular weight excluding hydrogens is 229 g/mol. The molecular formula is C12H17ClFNO. The maximum absolute atomic E-state index is 13.5. The van der Waals surface area contributed by atoms with Gasteiger partial charge < -0.3 is 10.0 Å². The summed E-state index contributed by atoms with van der Waals surface area (Å²) in [5.41, 5.74) is 0.624. The van der Waals surface area contributed by atoms with Gasteiger partial charge in [0.1, 0.15) is 5.82 Å². The molecule has 0 saturated heterocycles. The molecule has 0 aliphatic carbocycles. The van der Waals surface area contributed by atoms with E-state index in [9.17, 15) is 9.50 Å². The van der Waals surface area contributed by atoms with Crippen LogP contribution in [0.25, 0.3) is 0 Å². The average Bonchev–Trinajstić information content (AvgIpc) is 2.22. The summed E-state index contributed by atoms with van der Waals surface area (Å²) in [6, 6.07) is 2.99. The molecule has 0 aromatic heterocycles. The van der Waals surface area contributed by atoms with Gasteiger partial charge in [0.05, 0.1) is 22.9 Å². The van der Waals surface area contributed by atoms with Crippen molar-refractivity contribution in [3.8, 4) is 0 Å². The number of hydrogen-bond donors (Lipinski definition) is 1. The van der Waals surface area contributed by atoms with E-state index in [0.29, 0.717) is 16.3 Å². The van der Waals surface area contributed by atoms with Gasteiger partial charge in [-0.25, -0.2) is 4.39 Å². The number of benzene rings is 1. The zero-order chi connectivity index (χ0) is 12.5. The third-order valence-corrected chi connectivity index (χ3v) is 3.19. The first-order valence-electron chi connectivity index (χ1n) is 5.10. The lowest BCUT2D eigenvalue weighted by Crippen LogP contribution is -2.44. The van der Waals surface area contributed by atoms with Crippen LogP contribution in [-0.4, -0.2) is 24.3 Å². The van der Waals surface area contributed by atoms with E-state index in [2.05, 4.69) is 0 Å². The highest BCUT2D eigenvalue weighted by Gasteiger charge is 2.24. The zero-order valence-electron chi connectivity index (χ0n) is 10.0. The van der Waals surface area contributed by atoms with Crippen LogP contribution in [0.15, 0.2) is 12.1 Å². The van der Waals surface area contributed by atoms with E-state index >= 15 is 0 Å². The molecule has 0 unspecified atom stereocenters. The first-order chi connectivity index (χ1) is 7.29. The zero-order valence-corrected chi connectivity index (χ0v) is 10.8. The molecule has 0 heterocycles. The third kappa shape index (κ3) is 2.47. The molecule has 0 spiro atoms. The van der Waals surface area contributed by atoms with Crippen LogP contribution in [-0.2, 0) is 0 Å². The Morgan fingerprint density at radius 2 is 2.00 bits per heavy atom. The molecule has 0 aliphatic rings. The van der Waals surface area contributed by atoms with Crippen molar-refractivity contribution in [2.24, 2.45) is 0 Å². The van der Waals surface area contributed by atoms with Gasteiger partial charge in [-0.2, -0.15) is 0 Å². The summed E-state index contributed by atoms with van der Waals surface area (Å²) in [4.78, 5) is 1.78. The Morgan fingerprint density at radius 1 is 1.44 bits per heavy atom. The summed E-state index contributed by atoms with van der Waals surface area (Å²) in [5.74, 6) is -0.292. The molecule has 0 bridgehead atoms. The van der Waals surface area contributed by atoms with Crippen molar-refractivity contribution in [3.05, 3.63) is 28.5 Å². The lowest BCUT2D eigenvalue weighted by atomic mass is 10.0. The Balaban J connectivity index is 3.19. The normalized spacial score (nSPS) is 11.7. The minimum Gasteiger partial charge on any atom is -0.394 e. The highest BCUT2D eigenvalue weighted by molar-refractivity contribution is 6.33. The highest BCUT2D eigenvalue weighted by atomic mass is 35.5. The van der Waals surface area contributed by atoms with Gasteiger partial charge >= 0.3 is 0 Å². The minimum absolute atomic E-state index is 0.0324. The summed E-state index contributed by atoms with van der Waals surface area (Å²) in [5, 5.41) is 9.75. The Bertz CT molecular complexity index is 393. The van der Waals surface area contributed by atoms with Crippen molar-refractivity contribution in [2.75, 3.05) is 18.6 Å². The number of likely N-dealkylation sites (N-methyl/N-ethyl adjacent to an activating group) is 1. The van der Waals surface area contributed by atoms with Crippen LogP contribution < -0.4 is 4.90 Å². The van der Waals surface area contributed by atoms with Gasteiger partial charge in [0.15, 0.2) is 0 Å². The van der Waals surface area contributed by atoms with E-state index in [4.69, 9.17) is 11.6 Å². The minimum atomic E-state index is -0.481. The van der Waals surface area contributed by atoms with Crippen molar-refractivity contribution in [3.63, 3.8) is 0 Å². The van der Waals surface area contributed by atoms with Gasteiger partial charge in [-0.05, 0) is 38.5 Å². The molecule has 1 aromatic rings. The SMILES string of the molecule is Cc1cc(Cl)c(N(C)C(C)(C)CO)cc1F. The van der Waals surface area contributed by atoms with Gasteiger partial charge in [0, 0.05) is 7.05 Å². The number of nitrogens with zero attached hydrogens (tertiary/aromatic N) is 1. The van der Waals surface area contributed by atoms with E-state index < -0.39 is 5.54 Å². The fourth-order valence-corrected chi connectivity index (χ4v) is 1.67. The number of rotatable bonds is 3. The molecule has 0 saturated carbocycles. The summed E-state index contributed by atoms with van der Waals surface area (Å²) < 4.78 is 13.5.